The molecular weight excluding hydrogens is 218 g/mol. The molecule has 4 nitrogen and oxygen atoms in total. The van der Waals surface area contributed by atoms with Gasteiger partial charge in [0.2, 0.25) is 0 Å². The van der Waals surface area contributed by atoms with Crippen molar-refractivity contribution in [2.75, 3.05) is 13.2 Å². The number of hydrogen-bond donors (Lipinski definition) is 1. The summed E-state index contributed by atoms with van der Waals surface area (Å²) in [5.74, 6) is -0.880. The third-order valence-electron chi connectivity index (χ3n) is 3.27. The van der Waals surface area contributed by atoms with Gasteiger partial charge in [0, 0.05) is 18.2 Å². The molecule has 2 heterocycles. The zero-order valence-corrected chi connectivity index (χ0v) is 9.30. The van der Waals surface area contributed by atoms with Gasteiger partial charge >= 0.3 is 5.97 Å². The Hall–Kier alpha value is -1.81. The molecule has 1 aromatic heterocycles. The van der Waals surface area contributed by atoms with Crippen molar-refractivity contribution in [1.29, 1.82) is 0 Å². The molecule has 0 radical (unpaired) electrons. The lowest BCUT2D eigenvalue weighted by Gasteiger charge is -2.13. The van der Waals surface area contributed by atoms with Gasteiger partial charge in [-0.05, 0) is 18.6 Å². The van der Waals surface area contributed by atoms with E-state index in [1.165, 1.54) is 0 Å². The molecule has 1 unspecified atom stereocenters. The van der Waals surface area contributed by atoms with E-state index in [1.807, 2.05) is 22.9 Å². The molecular formula is C13H13NO3. The minimum absolute atomic E-state index is 0.257. The van der Waals surface area contributed by atoms with Gasteiger partial charge in [0.15, 0.2) is 0 Å². The molecule has 17 heavy (non-hydrogen) atoms. The van der Waals surface area contributed by atoms with Crippen molar-refractivity contribution in [3.8, 4) is 0 Å². The molecule has 1 aliphatic heterocycles. The second kappa shape index (κ2) is 3.89. The Morgan fingerprint density at radius 1 is 1.41 bits per heavy atom. The smallest absolute Gasteiger partial charge is 0.337 e. The predicted molar refractivity (Wildman–Crippen MR) is 63.4 cm³/mol. The summed E-state index contributed by atoms with van der Waals surface area (Å²) in [5.41, 5.74) is 1.16. The normalized spacial score (nSPS) is 19.9. The molecule has 1 aliphatic rings. The number of hydrogen-bond acceptors (Lipinski definition) is 2. The number of para-hydroxylation sites is 1. The maximum atomic E-state index is 11.2. The number of ether oxygens (including phenoxy) is 1. The van der Waals surface area contributed by atoms with Crippen LogP contribution in [0.25, 0.3) is 10.9 Å². The summed E-state index contributed by atoms with van der Waals surface area (Å²) < 4.78 is 7.40. The standard InChI is InChI=1S/C13H13NO3/c15-13(16)11-3-1-2-9-4-6-14(12(9)11)10-5-7-17-8-10/h1-4,6,10H,5,7-8H2,(H,15,16). The molecule has 3 rings (SSSR count). The Morgan fingerprint density at radius 2 is 2.29 bits per heavy atom. The van der Waals surface area contributed by atoms with Crippen molar-refractivity contribution in [1.82, 2.24) is 4.57 Å². The van der Waals surface area contributed by atoms with Crippen LogP contribution in [0.4, 0.5) is 0 Å². The molecule has 1 saturated heterocycles. The number of aromatic carboxylic acids is 1. The van der Waals surface area contributed by atoms with E-state index in [1.54, 1.807) is 12.1 Å². The Labute approximate surface area is 98.4 Å². The highest BCUT2D eigenvalue weighted by molar-refractivity contribution is 6.02. The van der Waals surface area contributed by atoms with E-state index in [0.717, 1.165) is 23.9 Å². The van der Waals surface area contributed by atoms with Crippen LogP contribution in [0, 0.1) is 0 Å². The van der Waals surface area contributed by atoms with Crippen molar-refractivity contribution >= 4 is 16.9 Å². The number of aromatic nitrogens is 1. The van der Waals surface area contributed by atoms with Crippen LogP contribution in [0.5, 0.6) is 0 Å². The Kier molecular flexibility index (Phi) is 2.37. The van der Waals surface area contributed by atoms with Crippen molar-refractivity contribution in [2.45, 2.75) is 12.5 Å². The lowest BCUT2D eigenvalue weighted by Crippen LogP contribution is -2.09. The summed E-state index contributed by atoms with van der Waals surface area (Å²) in [6.07, 6.45) is 2.90. The monoisotopic (exact) mass is 231 g/mol. The zero-order valence-electron chi connectivity index (χ0n) is 9.30. The molecule has 1 atom stereocenters. The van der Waals surface area contributed by atoms with Gasteiger partial charge in [-0.15, -0.1) is 0 Å². The maximum Gasteiger partial charge on any atom is 0.337 e. The van der Waals surface area contributed by atoms with Gasteiger partial charge in [-0.3, -0.25) is 0 Å². The lowest BCUT2D eigenvalue weighted by molar-refractivity contribution is 0.0698. The third kappa shape index (κ3) is 1.61. The molecule has 0 aliphatic carbocycles. The van der Waals surface area contributed by atoms with Crippen LogP contribution in [0.1, 0.15) is 22.8 Å². The quantitative estimate of drug-likeness (QED) is 0.862. The summed E-state index contributed by atoms with van der Waals surface area (Å²) >= 11 is 0. The highest BCUT2D eigenvalue weighted by atomic mass is 16.5. The Bertz CT molecular complexity index is 567. The number of carboxylic acids is 1. The van der Waals surface area contributed by atoms with Gasteiger partial charge in [0.05, 0.1) is 23.7 Å². The highest BCUT2D eigenvalue weighted by Gasteiger charge is 2.21. The van der Waals surface area contributed by atoms with Gasteiger partial charge in [0.25, 0.3) is 0 Å². The molecule has 2 aromatic rings. The number of carboxylic acid groups (broad SMARTS) is 1. The van der Waals surface area contributed by atoms with Crippen molar-refractivity contribution in [3.05, 3.63) is 36.0 Å². The lowest BCUT2D eigenvalue weighted by atomic mass is 10.1. The van der Waals surface area contributed by atoms with E-state index in [-0.39, 0.29) is 6.04 Å². The van der Waals surface area contributed by atoms with Gasteiger partial charge < -0.3 is 14.4 Å². The van der Waals surface area contributed by atoms with Crippen LogP contribution >= 0.6 is 0 Å². The highest BCUT2D eigenvalue weighted by Crippen LogP contribution is 2.27. The number of benzene rings is 1. The molecule has 4 heteroatoms. The molecule has 1 aromatic carbocycles. The first kappa shape index (κ1) is 10.4. The van der Waals surface area contributed by atoms with E-state index in [4.69, 9.17) is 4.74 Å². The summed E-state index contributed by atoms with van der Waals surface area (Å²) in [4.78, 5) is 11.2. The molecule has 88 valence electrons. The third-order valence-corrected chi connectivity index (χ3v) is 3.27. The summed E-state index contributed by atoms with van der Waals surface area (Å²) in [6.45, 7) is 1.41. The van der Waals surface area contributed by atoms with Crippen LogP contribution in [-0.4, -0.2) is 28.9 Å². The maximum absolute atomic E-state index is 11.2. The minimum Gasteiger partial charge on any atom is -0.478 e. The van der Waals surface area contributed by atoms with Crippen LogP contribution in [0.2, 0.25) is 0 Å². The molecule has 0 saturated carbocycles. The first-order chi connectivity index (χ1) is 8.27. The molecule has 0 spiro atoms. The fourth-order valence-corrected chi connectivity index (χ4v) is 2.44. The van der Waals surface area contributed by atoms with Gasteiger partial charge in [0.1, 0.15) is 0 Å². The average molecular weight is 231 g/mol. The van der Waals surface area contributed by atoms with Crippen molar-refractivity contribution in [2.24, 2.45) is 0 Å². The topological polar surface area (TPSA) is 51.5 Å². The average Bonchev–Trinajstić information content (AvgIpc) is 2.96. The van der Waals surface area contributed by atoms with Crippen LogP contribution in [-0.2, 0) is 4.74 Å². The predicted octanol–water partition coefficient (Wildman–Crippen LogP) is 2.30. The largest absolute Gasteiger partial charge is 0.478 e. The number of nitrogens with zero attached hydrogens (tertiary/aromatic N) is 1. The van der Waals surface area contributed by atoms with Crippen LogP contribution in [0.15, 0.2) is 30.5 Å². The number of carbonyl (C=O) groups is 1. The van der Waals surface area contributed by atoms with Gasteiger partial charge in [-0.2, -0.15) is 0 Å². The van der Waals surface area contributed by atoms with E-state index in [0.29, 0.717) is 12.2 Å². The summed E-state index contributed by atoms with van der Waals surface area (Å²) in [6, 6.07) is 7.58. The van der Waals surface area contributed by atoms with Crippen LogP contribution in [0.3, 0.4) is 0 Å². The summed E-state index contributed by atoms with van der Waals surface area (Å²) in [5, 5.41) is 10.2. The van der Waals surface area contributed by atoms with E-state index >= 15 is 0 Å². The van der Waals surface area contributed by atoms with Crippen molar-refractivity contribution < 1.29 is 14.6 Å². The van der Waals surface area contributed by atoms with E-state index < -0.39 is 5.97 Å². The van der Waals surface area contributed by atoms with Crippen molar-refractivity contribution in [3.63, 3.8) is 0 Å². The fraction of sp³-hybridized carbons (Fsp3) is 0.308. The van der Waals surface area contributed by atoms with Gasteiger partial charge in [-0.25, -0.2) is 4.79 Å². The summed E-state index contributed by atoms with van der Waals surface area (Å²) in [7, 11) is 0. The second-order valence-corrected chi connectivity index (χ2v) is 4.29. The second-order valence-electron chi connectivity index (χ2n) is 4.29. The molecule has 0 bridgehead atoms. The zero-order chi connectivity index (χ0) is 11.8. The van der Waals surface area contributed by atoms with E-state index in [9.17, 15) is 9.90 Å². The fourth-order valence-electron chi connectivity index (χ4n) is 2.44. The molecule has 1 fully saturated rings. The Balaban J connectivity index is 2.21. The van der Waals surface area contributed by atoms with E-state index in [2.05, 4.69) is 0 Å². The number of fused-ring (bicyclic) bond motifs is 1. The molecule has 0 amide bonds. The van der Waals surface area contributed by atoms with Crippen LogP contribution < -0.4 is 0 Å². The number of rotatable bonds is 2. The minimum atomic E-state index is -0.880. The Morgan fingerprint density at radius 3 is 3.00 bits per heavy atom. The van der Waals surface area contributed by atoms with Gasteiger partial charge in [-0.1, -0.05) is 12.1 Å². The first-order valence-corrected chi connectivity index (χ1v) is 5.68. The first-order valence-electron chi connectivity index (χ1n) is 5.68. The molecule has 1 N–H and O–H groups in total. The SMILES string of the molecule is O=C(O)c1cccc2ccn(C3CCOC3)c12.